The molecule has 0 aliphatic heterocycles. The summed E-state index contributed by atoms with van der Waals surface area (Å²) in [5.41, 5.74) is 45.0. The number of halogens is 8. The van der Waals surface area contributed by atoms with Crippen molar-refractivity contribution in [1.82, 2.24) is 0 Å². The summed E-state index contributed by atoms with van der Waals surface area (Å²) in [6, 6.07) is 31.4. The predicted octanol–water partition coefficient (Wildman–Crippen LogP) is 14.6. The summed E-state index contributed by atoms with van der Waals surface area (Å²) in [6.07, 6.45) is 0. The Morgan fingerprint density at radius 3 is 0.330 bits per heavy atom. The molecule has 40 heteroatoms. The van der Waals surface area contributed by atoms with Crippen LogP contribution in [0.3, 0.4) is 0 Å². The molecule has 0 bridgehead atoms. The second-order valence-corrected chi connectivity index (χ2v) is 19.0. The first kappa shape index (κ1) is 75.7. The molecule has 88 heavy (non-hydrogen) atoms. The van der Waals surface area contributed by atoms with E-state index in [0.717, 1.165) is 0 Å². The normalized spacial score (nSPS) is 9.55. The maximum atomic E-state index is 10.2. The Labute approximate surface area is 532 Å². The lowest BCUT2D eigenvalue weighted by atomic mass is 10.3. The van der Waals surface area contributed by atoms with Gasteiger partial charge in [0.15, 0.2) is 0 Å². The van der Waals surface area contributed by atoms with Crippen molar-refractivity contribution in [2.45, 2.75) is 0 Å². The van der Waals surface area contributed by atoms with E-state index in [1.165, 1.54) is 146 Å². The van der Waals surface area contributed by atoms with Crippen LogP contribution < -0.4 is 45.9 Å². The van der Waals surface area contributed by atoms with Gasteiger partial charge in [-0.2, -0.15) is 0 Å². The van der Waals surface area contributed by atoms with Gasteiger partial charge in [0.1, 0.15) is 0 Å². The predicted molar refractivity (Wildman–Crippen MR) is 340 cm³/mol. The van der Waals surface area contributed by atoms with Crippen LogP contribution in [0.25, 0.3) is 0 Å². The Hall–Kier alpha value is -10.3. The number of benzene rings is 8. The van der Waals surface area contributed by atoms with Crippen LogP contribution >= 0.6 is 92.8 Å². The van der Waals surface area contributed by atoms with Gasteiger partial charge in [-0.1, -0.05) is 92.8 Å². The van der Waals surface area contributed by atoms with Crippen LogP contribution in [-0.4, -0.2) is 39.4 Å². The van der Waals surface area contributed by atoms with Crippen LogP contribution in [0.15, 0.2) is 146 Å². The average Bonchev–Trinajstić information content (AvgIpc) is 3.62. The van der Waals surface area contributed by atoms with Crippen LogP contribution in [-0.2, 0) is 0 Å². The van der Waals surface area contributed by atoms with E-state index in [2.05, 4.69) is 0 Å². The highest BCUT2D eigenvalue weighted by Crippen LogP contribution is 2.29. The number of nitrogens with two attached hydrogens (primary N) is 8. The molecule has 16 N–H and O–H groups in total. The molecule has 0 radical (unpaired) electrons. The summed E-state index contributed by atoms with van der Waals surface area (Å²) in [7, 11) is 0. The standard InChI is InChI=1S/8C6H5ClN2O2/c8*7-5-3-4(9(10)11)1-2-6(5)8/h8*1-3H,8H2. The molecule has 32 nitrogen and oxygen atoms in total. The van der Waals surface area contributed by atoms with Crippen molar-refractivity contribution in [2.75, 3.05) is 45.9 Å². The zero-order chi connectivity index (χ0) is 67.4. The molecule has 0 unspecified atom stereocenters. The SMILES string of the molecule is Nc1ccc([N+](=O)[O-])cc1Cl.Nc1ccc([N+](=O)[O-])cc1Cl.Nc1ccc([N+](=O)[O-])cc1Cl.Nc1ccc([N+](=O)[O-])cc1Cl.Nc1ccc([N+](=O)[O-])cc1Cl.Nc1ccc([N+](=O)[O-])cc1Cl.Nc1ccc([N+](=O)[O-])cc1Cl.Nc1ccc([N+](=O)[O-])cc1Cl. The average molecular weight is 1380 g/mol. The lowest BCUT2D eigenvalue weighted by Gasteiger charge is -1.95. The first-order valence-corrected chi connectivity index (χ1v) is 25.5. The summed E-state index contributed by atoms with van der Waals surface area (Å²) < 4.78 is 0. The Morgan fingerprint density at radius 2 is 0.273 bits per heavy atom. The van der Waals surface area contributed by atoms with Gasteiger partial charge >= 0.3 is 0 Å². The van der Waals surface area contributed by atoms with Gasteiger partial charge in [0.25, 0.3) is 45.5 Å². The van der Waals surface area contributed by atoms with Gasteiger partial charge in [-0.3, -0.25) is 80.9 Å². The molecule has 0 aliphatic carbocycles. The molecule has 0 amide bonds. The molecule has 8 rings (SSSR count). The molecule has 0 aromatic heterocycles. The fourth-order valence-electron chi connectivity index (χ4n) is 5.04. The molecular weight excluding hydrogens is 1340 g/mol. The third-order valence-electron chi connectivity index (χ3n) is 9.56. The minimum Gasteiger partial charge on any atom is -0.398 e. The van der Waals surface area contributed by atoms with Crippen LogP contribution in [0.5, 0.6) is 0 Å². The number of nitrogens with zero attached hydrogens (tertiary/aromatic N) is 8. The Morgan fingerprint density at radius 1 is 0.193 bits per heavy atom. The van der Waals surface area contributed by atoms with Crippen LogP contribution in [0.2, 0.25) is 40.2 Å². The topological polar surface area (TPSA) is 553 Å². The van der Waals surface area contributed by atoms with E-state index >= 15 is 0 Å². The van der Waals surface area contributed by atoms with Gasteiger partial charge < -0.3 is 45.9 Å². The van der Waals surface area contributed by atoms with Crippen molar-refractivity contribution >= 4 is 184 Å². The first-order chi connectivity index (χ1) is 40.9. The van der Waals surface area contributed by atoms with Crippen molar-refractivity contribution in [1.29, 1.82) is 0 Å². The van der Waals surface area contributed by atoms with E-state index in [1.54, 1.807) is 0 Å². The number of rotatable bonds is 8. The van der Waals surface area contributed by atoms with E-state index in [1.807, 2.05) is 0 Å². The van der Waals surface area contributed by atoms with Gasteiger partial charge in [-0.15, -0.1) is 0 Å². The fourth-order valence-corrected chi connectivity index (χ4v) is 6.44. The van der Waals surface area contributed by atoms with E-state index < -0.39 is 39.4 Å². The van der Waals surface area contributed by atoms with Crippen molar-refractivity contribution in [3.63, 3.8) is 0 Å². The number of nitro benzene ring substituents is 8. The highest BCUT2D eigenvalue weighted by atomic mass is 35.5. The summed E-state index contributed by atoms with van der Waals surface area (Å²) in [6.45, 7) is 0. The molecule has 0 spiro atoms. The summed E-state index contributed by atoms with van der Waals surface area (Å²) in [5.74, 6) is 0. The highest BCUT2D eigenvalue weighted by molar-refractivity contribution is 6.35. The minimum atomic E-state index is -0.522. The van der Waals surface area contributed by atoms with Crippen LogP contribution in [0.1, 0.15) is 0 Å². The third-order valence-corrected chi connectivity index (χ3v) is 12.2. The van der Waals surface area contributed by atoms with E-state index in [0.29, 0.717) is 45.5 Å². The molecule has 0 saturated carbocycles. The van der Waals surface area contributed by atoms with Gasteiger partial charge in [0.05, 0.1) is 125 Å². The molecule has 0 fully saturated rings. The Bertz CT molecular complexity index is 3140. The van der Waals surface area contributed by atoms with Crippen molar-refractivity contribution < 1.29 is 39.4 Å². The van der Waals surface area contributed by atoms with E-state index in [9.17, 15) is 80.9 Å². The number of non-ortho nitro benzene ring substituents is 8. The summed E-state index contributed by atoms with van der Waals surface area (Å²) in [5, 5.41) is 83.0. The van der Waals surface area contributed by atoms with Crippen molar-refractivity contribution in [2.24, 2.45) is 0 Å². The largest absolute Gasteiger partial charge is 0.398 e. The van der Waals surface area contributed by atoms with Crippen molar-refractivity contribution in [3.05, 3.63) is 267 Å². The van der Waals surface area contributed by atoms with E-state index in [4.69, 9.17) is 139 Å². The molecular formula is C48H40Cl8N16O16. The number of anilines is 8. The second kappa shape index (κ2) is 36.5. The molecule has 0 heterocycles. The lowest BCUT2D eigenvalue weighted by molar-refractivity contribution is -0.385. The second-order valence-electron chi connectivity index (χ2n) is 15.7. The number of hydrogen-bond acceptors (Lipinski definition) is 24. The van der Waals surface area contributed by atoms with Gasteiger partial charge in [0, 0.05) is 97.1 Å². The quantitative estimate of drug-likeness (QED) is 0.0398. The maximum Gasteiger partial charge on any atom is 0.271 e. The molecule has 0 atom stereocenters. The Kier molecular flexibility index (Phi) is 31.4. The molecule has 8 aromatic carbocycles. The van der Waals surface area contributed by atoms with Gasteiger partial charge in [-0.25, -0.2) is 0 Å². The van der Waals surface area contributed by atoms with Crippen LogP contribution in [0.4, 0.5) is 91.0 Å². The van der Waals surface area contributed by atoms with Crippen LogP contribution in [0, 0.1) is 80.9 Å². The van der Waals surface area contributed by atoms with Gasteiger partial charge in [0.2, 0.25) is 0 Å². The van der Waals surface area contributed by atoms with Crippen molar-refractivity contribution in [3.8, 4) is 0 Å². The number of hydrogen-bond donors (Lipinski definition) is 8. The minimum absolute atomic E-state index is 0.0517. The third kappa shape index (κ3) is 26.7. The van der Waals surface area contributed by atoms with Gasteiger partial charge in [-0.05, 0) is 48.5 Å². The monoisotopic (exact) mass is 1380 g/mol. The zero-order valence-electron chi connectivity index (χ0n) is 43.6. The number of nitro groups is 8. The summed E-state index contributed by atoms with van der Waals surface area (Å²) >= 11 is 44.2. The molecule has 464 valence electrons. The van der Waals surface area contributed by atoms with E-state index in [-0.39, 0.29) is 85.7 Å². The zero-order valence-corrected chi connectivity index (χ0v) is 49.7. The fraction of sp³-hybridized carbons (Fsp3) is 0. The first-order valence-electron chi connectivity index (χ1n) is 22.4. The Balaban J connectivity index is 0.000000503. The molecule has 8 aromatic rings. The smallest absolute Gasteiger partial charge is 0.271 e. The summed E-state index contributed by atoms with van der Waals surface area (Å²) in [4.78, 5) is 77.2. The maximum absolute atomic E-state index is 10.2. The molecule has 0 aliphatic rings. The highest BCUT2D eigenvalue weighted by Gasteiger charge is 2.12. The number of nitrogen functional groups attached to an aromatic ring is 8. The lowest BCUT2D eigenvalue weighted by Crippen LogP contribution is -1.90. The molecule has 0 saturated heterocycles.